The molecule has 3 nitrogen and oxygen atoms in total. The Balaban J connectivity index is 2.04. The molecule has 0 aliphatic carbocycles. The van der Waals surface area contributed by atoms with Gasteiger partial charge in [-0.1, -0.05) is 23.4 Å². The van der Waals surface area contributed by atoms with Gasteiger partial charge in [0.15, 0.2) is 0 Å². The molecule has 2 aromatic heterocycles. The third kappa shape index (κ3) is 3.94. The number of aromatic nitrogens is 3. The Morgan fingerprint density at radius 2 is 2.18 bits per heavy atom. The molecule has 0 saturated heterocycles. The zero-order chi connectivity index (χ0) is 12.3. The Kier molecular flexibility index (Phi) is 4.36. The van der Waals surface area contributed by atoms with Gasteiger partial charge in [0.1, 0.15) is 11.0 Å². The van der Waals surface area contributed by atoms with Crippen molar-refractivity contribution in [3.05, 3.63) is 45.5 Å². The van der Waals surface area contributed by atoms with Gasteiger partial charge in [0.05, 0.1) is 10.8 Å². The lowest BCUT2D eigenvalue weighted by atomic mass is 10.4. The first-order valence-electron chi connectivity index (χ1n) is 4.88. The molecule has 6 heteroatoms. The van der Waals surface area contributed by atoms with Crippen LogP contribution in [0.5, 0.6) is 0 Å². The molecule has 2 rings (SSSR count). The topological polar surface area (TPSA) is 38.7 Å². The Labute approximate surface area is 117 Å². The van der Waals surface area contributed by atoms with Crippen LogP contribution in [-0.4, -0.2) is 15.0 Å². The van der Waals surface area contributed by atoms with Crippen molar-refractivity contribution >= 4 is 39.3 Å². The van der Waals surface area contributed by atoms with E-state index in [1.165, 1.54) is 0 Å². The van der Waals surface area contributed by atoms with Crippen molar-refractivity contribution in [2.24, 2.45) is 0 Å². The van der Waals surface area contributed by atoms with Gasteiger partial charge in [-0.25, -0.2) is 15.0 Å². The Morgan fingerprint density at radius 3 is 2.82 bits per heavy atom. The molecule has 0 bridgehead atoms. The quantitative estimate of drug-likeness (QED) is 0.632. The van der Waals surface area contributed by atoms with Gasteiger partial charge >= 0.3 is 0 Å². The van der Waals surface area contributed by atoms with Gasteiger partial charge in [-0.05, 0) is 41.1 Å². The van der Waals surface area contributed by atoms with Crippen molar-refractivity contribution in [1.29, 1.82) is 0 Å². The third-order valence-electron chi connectivity index (χ3n) is 1.92. The molecule has 0 fully saturated rings. The van der Waals surface area contributed by atoms with Crippen LogP contribution >= 0.6 is 39.3 Å². The zero-order valence-corrected chi connectivity index (χ0v) is 12.2. The number of rotatable bonds is 3. The highest BCUT2D eigenvalue weighted by molar-refractivity contribution is 9.10. The van der Waals surface area contributed by atoms with E-state index in [2.05, 4.69) is 30.9 Å². The molecular weight excluding hydrogens is 322 g/mol. The molecule has 0 radical (unpaired) electrons. The summed E-state index contributed by atoms with van der Waals surface area (Å²) >= 11 is 10.8. The van der Waals surface area contributed by atoms with Crippen molar-refractivity contribution in [1.82, 2.24) is 15.0 Å². The van der Waals surface area contributed by atoms with E-state index in [9.17, 15) is 0 Å². The molecule has 88 valence electrons. The van der Waals surface area contributed by atoms with Crippen LogP contribution in [0.25, 0.3) is 0 Å². The Hall–Kier alpha value is -0.650. The fraction of sp³-hybridized carbons (Fsp3) is 0.182. The predicted octanol–water partition coefficient (Wildman–Crippen LogP) is 3.89. The van der Waals surface area contributed by atoms with Gasteiger partial charge in [-0.2, -0.15) is 0 Å². The monoisotopic (exact) mass is 329 g/mol. The fourth-order valence-corrected chi connectivity index (χ4v) is 2.43. The molecule has 17 heavy (non-hydrogen) atoms. The van der Waals surface area contributed by atoms with Crippen LogP contribution in [0.1, 0.15) is 11.5 Å². The second-order valence-corrected chi connectivity index (χ2v) is 5.65. The first-order valence-corrected chi connectivity index (χ1v) is 7.03. The summed E-state index contributed by atoms with van der Waals surface area (Å²) in [5.41, 5.74) is 0.879. The van der Waals surface area contributed by atoms with E-state index in [1.54, 1.807) is 24.0 Å². The van der Waals surface area contributed by atoms with Gasteiger partial charge in [-0.15, -0.1) is 0 Å². The van der Waals surface area contributed by atoms with E-state index in [0.717, 1.165) is 21.0 Å². The number of halogens is 2. The molecule has 0 aliphatic heterocycles. The van der Waals surface area contributed by atoms with Crippen LogP contribution in [0, 0.1) is 6.92 Å². The number of hydrogen-bond donors (Lipinski definition) is 0. The van der Waals surface area contributed by atoms with E-state index in [4.69, 9.17) is 11.6 Å². The molecule has 0 saturated carbocycles. The van der Waals surface area contributed by atoms with E-state index in [-0.39, 0.29) is 0 Å². The summed E-state index contributed by atoms with van der Waals surface area (Å²) in [5.74, 6) is 1.39. The van der Waals surface area contributed by atoms with Crippen LogP contribution in [0.3, 0.4) is 0 Å². The molecule has 0 amide bonds. The summed E-state index contributed by atoms with van der Waals surface area (Å²) in [5, 5.41) is 1.42. The van der Waals surface area contributed by atoms with Crippen molar-refractivity contribution in [3.63, 3.8) is 0 Å². The first kappa shape index (κ1) is 12.8. The van der Waals surface area contributed by atoms with Crippen molar-refractivity contribution in [2.75, 3.05) is 0 Å². The van der Waals surface area contributed by atoms with Gasteiger partial charge < -0.3 is 0 Å². The highest BCUT2D eigenvalue weighted by Gasteiger charge is 2.02. The number of hydrogen-bond acceptors (Lipinski definition) is 4. The van der Waals surface area contributed by atoms with E-state index < -0.39 is 0 Å². The molecule has 0 spiro atoms. The predicted molar refractivity (Wildman–Crippen MR) is 73.3 cm³/mol. The molecule has 0 atom stereocenters. The highest BCUT2D eigenvalue weighted by Crippen LogP contribution is 2.21. The molecule has 2 heterocycles. The standard InChI is InChI=1S/C11H9BrClN3S/c1-7-4-9(13)16-10(15-7)6-17-11-3-2-8(12)5-14-11/h2-5H,6H2,1H3. The van der Waals surface area contributed by atoms with E-state index >= 15 is 0 Å². The maximum Gasteiger partial charge on any atom is 0.140 e. The SMILES string of the molecule is Cc1cc(Cl)nc(CSc2ccc(Br)cn2)n1. The lowest BCUT2D eigenvalue weighted by molar-refractivity contribution is 0.992. The van der Waals surface area contributed by atoms with E-state index in [0.29, 0.717) is 10.9 Å². The van der Waals surface area contributed by atoms with Gasteiger partial charge in [0.2, 0.25) is 0 Å². The second kappa shape index (κ2) is 5.80. The number of nitrogens with zero attached hydrogens (tertiary/aromatic N) is 3. The minimum absolute atomic E-state index is 0.483. The lowest BCUT2D eigenvalue weighted by Gasteiger charge is -2.02. The summed E-state index contributed by atoms with van der Waals surface area (Å²) in [4.78, 5) is 12.7. The zero-order valence-electron chi connectivity index (χ0n) is 9.02. The maximum atomic E-state index is 5.87. The maximum absolute atomic E-state index is 5.87. The summed E-state index contributed by atoms with van der Waals surface area (Å²) < 4.78 is 0.969. The molecule has 0 aromatic carbocycles. The summed E-state index contributed by atoms with van der Waals surface area (Å²) in [6, 6.07) is 5.65. The van der Waals surface area contributed by atoms with Crippen molar-refractivity contribution in [2.45, 2.75) is 17.7 Å². The molecule has 2 aromatic rings. The van der Waals surface area contributed by atoms with Crippen LogP contribution in [0.15, 0.2) is 33.9 Å². The largest absolute Gasteiger partial charge is 0.249 e. The summed E-state index contributed by atoms with van der Waals surface area (Å²) in [6.45, 7) is 1.90. The van der Waals surface area contributed by atoms with Gasteiger partial charge in [-0.3, -0.25) is 0 Å². The smallest absolute Gasteiger partial charge is 0.140 e. The molecule has 0 unspecified atom stereocenters. The van der Waals surface area contributed by atoms with Crippen LogP contribution in [0.4, 0.5) is 0 Å². The number of pyridine rings is 1. The molecule has 0 N–H and O–H groups in total. The highest BCUT2D eigenvalue weighted by atomic mass is 79.9. The first-order chi connectivity index (χ1) is 8.13. The molecular formula is C11H9BrClN3S. The average molecular weight is 331 g/mol. The van der Waals surface area contributed by atoms with Crippen LogP contribution in [0.2, 0.25) is 5.15 Å². The Bertz CT molecular complexity index is 498. The fourth-order valence-electron chi connectivity index (χ4n) is 1.24. The van der Waals surface area contributed by atoms with E-state index in [1.807, 2.05) is 19.1 Å². The van der Waals surface area contributed by atoms with Gasteiger partial charge in [0, 0.05) is 16.4 Å². The third-order valence-corrected chi connectivity index (χ3v) is 3.52. The normalized spacial score (nSPS) is 10.5. The van der Waals surface area contributed by atoms with Crippen LogP contribution in [-0.2, 0) is 5.75 Å². The molecule has 0 aliphatic rings. The lowest BCUT2D eigenvalue weighted by Crippen LogP contribution is -1.95. The van der Waals surface area contributed by atoms with Crippen molar-refractivity contribution in [3.8, 4) is 0 Å². The summed E-state index contributed by atoms with van der Waals surface area (Å²) in [6.07, 6.45) is 1.77. The Morgan fingerprint density at radius 1 is 1.35 bits per heavy atom. The van der Waals surface area contributed by atoms with Crippen LogP contribution < -0.4 is 0 Å². The van der Waals surface area contributed by atoms with Gasteiger partial charge in [0.25, 0.3) is 0 Å². The number of thioether (sulfide) groups is 1. The second-order valence-electron chi connectivity index (χ2n) is 3.35. The minimum atomic E-state index is 0.483. The minimum Gasteiger partial charge on any atom is -0.249 e. The average Bonchev–Trinajstić information content (AvgIpc) is 2.27. The van der Waals surface area contributed by atoms with Crippen molar-refractivity contribution < 1.29 is 0 Å². The summed E-state index contributed by atoms with van der Waals surface area (Å²) in [7, 11) is 0. The number of aryl methyl sites for hydroxylation is 1.